The Morgan fingerprint density at radius 1 is 1.14 bits per heavy atom. The lowest BCUT2D eigenvalue weighted by Crippen LogP contribution is -2.48. The number of amides is 1. The molecule has 2 aliphatic rings. The summed E-state index contributed by atoms with van der Waals surface area (Å²) < 4.78 is 78.8. The average molecular weight is 512 g/mol. The second-order valence-corrected chi connectivity index (χ2v) is 11.3. The van der Waals surface area contributed by atoms with Gasteiger partial charge in [0.1, 0.15) is 11.4 Å². The monoisotopic (exact) mass is 511 g/mol. The average Bonchev–Trinajstić information content (AvgIpc) is 2.78. The fourth-order valence-corrected chi connectivity index (χ4v) is 5.89. The first-order valence-corrected chi connectivity index (χ1v) is 13.0. The van der Waals surface area contributed by atoms with Crippen molar-refractivity contribution in [3.8, 4) is 5.75 Å². The number of hydrogen-bond acceptors (Lipinski definition) is 5. The summed E-state index contributed by atoms with van der Waals surface area (Å²) in [6.07, 6.45) is -1.25. The molecule has 1 N–H and O–H groups in total. The number of carbonyl (C=O) groups excluding carboxylic acids is 1. The third-order valence-corrected chi connectivity index (χ3v) is 7.99. The molecule has 190 valence electrons. The van der Waals surface area contributed by atoms with E-state index in [1.54, 1.807) is 12.1 Å². The van der Waals surface area contributed by atoms with Gasteiger partial charge in [0.05, 0.1) is 22.7 Å². The van der Waals surface area contributed by atoms with Crippen LogP contribution < -0.4 is 9.46 Å². The van der Waals surface area contributed by atoms with Crippen LogP contribution in [0.4, 0.5) is 13.2 Å². The molecule has 1 saturated heterocycles. The number of alkyl halides is 3. The van der Waals surface area contributed by atoms with Crippen LogP contribution in [0, 0.1) is 5.92 Å². The zero-order chi connectivity index (χ0) is 25.6. The van der Waals surface area contributed by atoms with Gasteiger partial charge in [-0.1, -0.05) is 19.4 Å². The Morgan fingerprint density at radius 2 is 1.89 bits per heavy atom. The summed E-state index contributed by atoms with van der Waals surface area (Å²) in [5.74, 6) is -0.339. The number of carbonyl (C=O) groups is 1. The first-order valence-electron chi connectivity index (χ1n) is 11.5. The number of benzene rings is 2. The Balaban J connectivity index is 1.62. The number of sulfonamides is 1. The molecule has 0 radical (unpaired) electrons. The number of hydrogen-bond donors (Lipinski definition) is 1. The number of ether oxygens (including phenoxy) is 2. The summed E-state index contributed by atoms with van der Waals surface area (Å²) in [6.45, 7) is 6.09. The van der Waals surface area contributed by atoms with E-state index in [1.165, 1.54) is 6.07 Å². The minimum atomic E-state index is -4.71. The van der Waals surface area contributed by atoms with Gasteiger partial charge in [-0.3, -0.25) is 4.79 Å². The SMILES string of the molecule is CCC[C@@H]1CC[C@@H]2[C@@H](O1)c1cc(C(=O)NS(=O)(=O)c3cccc(C(F)(F)F)c3)ccc1OC2(C)C. The lowest BCUT2D eigenvalue weighted by atomic mass is 9.74. The van der Waals surface area contributed by atoms with Crippen molar-refractivity contribution in [2.24, 2.45) is 5.92 Å². The van der Waals surface area contributed by atoms with Crippen LogP contribution in [-0.4, -0.2) is 26.0 Å². The van der Waals surface area contributed by atoms with Gasteiger partial charge in [0.25, 0.3) is 15.9 Å². The van der Waals surface area contributed by atoms with E-state index in [9.17, 15) is 26.4 Å². The maximum Gasteiger partial charge on any atom is 0.416 e. The lowest BCUT2D eigenvalue weighted by Gasteiger charge is -2.48. The molecule has 0 unspecified atom stereocenters. The van der Waals surface area contributed by atoms with Crippen LogP contribution in [0.15, 0.2) is 47.4 Å². The molecule has 2 heterocycles. The van der Waals surface area contributed by atoms with Crippen LogP contribution in [0.3, 0.4) is 0 Å². The van der Waals surface area contributed by atoms with E-state index in [1.807, 2.05) is 18.6 Å². The molecule has 35 heavy (non-hydrogen) atoms. The first kappa shape index (κ1) is 25.5. The molecular formula is C25H28F3NO5S. The van der Waals surface area contributed by atoms with Crippen molar-refractivity contribution in [2.75, 3.05) is 0 Å². The standard InChI is InChI=1S/C25H28F3NO5S/c1-4-6-17-10-11-20-22(33-17)19-13-15(9-12-21(19)34-24(20,2)3)23(30)29-35(31,32)18-8-5-7-16(14-18)25(26,27)28/h5,7-9,12-14,17,20,22H,4,6,10-11H2,1-3H3,(H,29,30)/t17-,20-,22+/m1/s1. The normalized spacial score (nSPS) is 23.5. The number of rotatable bonds is 5. The molecule has 0 bridgehead atoms. The van der Waals surface area contributed by atoms with Gasteiger partial charge in [0.15, 0.2) is 0 Å². The summed E-state index contributed by atoms with van der Waals surface area (Å²) in [5.41, 5.74) is -0.892. The highest BCUT2D eigenvalue weighted by Crippen LogP contribution is 2.51. The molecule has 0 aliphatic carbocycles. The zero-order valence-electron chi connectivity index (χ0n) is 19.7. The quantitative estimate of drug-likeness (QED) is 0.563. The van der Waals surface area contributed by atoms with E-state index >= 15 is 0 Å². The zero-order valence-corrected chi connectivity index (χ0v) is 20.5. The van der Waals surface area contributed by atoms with Gasteiger partial charge in [-0.05, 0) is 69.5 Å². The van der Waals surface area contributed by atoms with Gasteiger partial charge < -0.3 is 9.47 Å². The molecule has 2 aromatic carbocycles. The highest BCUT2D eigenvalue weighted by molar-refractivity contribution is 7.90. The van der Waals surface area contributed by atoms with Crippen molar-refractivity contribution in [1.29, 1.82) is 0 Å². The molecule has 1 fully saturated rings. The smallest absolute Gasteiger partial charge is 0.416 e. The van der Waals surface area contributed by atoms with Crippen LogP contribution in [0.25, 0.3) is 0 Å². The number of fused-ring (bicyclic) bond motifs is 3. The minimum absolute atomic E-state index is 0.0440. The van der Waals surface area contributed by atoms with Gasteiger partial charge in [-0.2, -0.15) is 13.2 Å². The first-order chi connectivity index (χ1) is 16.3. The topological polar surface area (TPSA) is 81.7 Å². The summed E-state index contributed by atoms with van der Waals surface area (Å²) in [7, 11) is -4.53. The predicted molar refractivity (Wildman–Crippen MR) is 122 cm³/mol. The molecular weight excluding hydrogens is 483 g/mol. The summed E-state index contributed by atoms with van der Waals surface area (Å²) in [4.78, 5) is 12.2. The van der Waals surface area contributed by atoms with Gasteiger partial charge in [0.2, 0.25) is 0 Å². The van der Waals surface area contributed by atoms with Crippen molar-refractivity contribution in [3.63, 3.8) is 0 Å². The molecule has 0 aromatic heterocycles. The van der Waals surface area contributed by atoms with Crippen LogP contribution in [0.5, 0.6) is 5.75 Å². The number of halogens is 3. The third-order valence-electron chi connectivity index (χ3n) is 6.66. The van der Waals surface area contributed by atoms with E-state index in [0.717, 1.165) is 43.9 Å². The lowest BCUT2D eigenvalue weighted by molar-refractivity contribution is -0.151. The summed E-state index contributed by atoms with van der Waals surface area (Å²) in [6, 6.07) is 7.82. The van der Waals surface area contributed by atoms with Crippen LogP contribution in [-0.2, 0) is 20.9 Å². The van der Waals surface area contributed by atoms with Crippen molar-refractivity contribution in [3.05, 3.63) is 59.2 Å². The van der Waals surface area contributed by atoms with E-state index in [0.29, 0.717) is 17.4 Å². The molecule has 3 atom stereocenters. The Bertz CT molecular complexity index is 1230. The van der Waals surface area contributed by atoms with Crippen LogP contribution in [0.1, 0.15) is 74.0 Å². The minimum Gasteiger partial charge on any atom is -0.487 e. The third kappa shape index (κ3) is 5.18. The van der Waals surface area contributed by atoms with E-state index in [2.05, 4.69) is 6.92 Å². The Hall–Kier alpha value is -2.59. The van der Waals surface area contributed by atoms with E-state index in [-0.39, 0.29) is 23.7 Å². The maximum absolute atomic E-state index is 13.0. The molecule has 2 aromatic rings. The molecule has 10 heteroatoms. The Morgan fingerprint density at radius 3 is 2.57 bits per heavy atom. The molecule has 0 spiro atoms. The van der Waals surface area contributed by atoms with Crippen molar-refractivity contribution >= 4 is 15.9 Å². The van der Waals surface area contributed by atoms with Crippen molar-refractivity contribution in [1.82, 2.24) is 4.72 Å². The molecule has 4 rings (SSSR count). The van der Waals surface area contributed by atoms with Crippen molar-refractivity contribution < 1.29 is 35.9 Å². The molecule has 6 nitrogen and oxygen atoms in total. The highest BCUT2D eigenvalue weighted by Gasteiger charge is 2.47. The van der Waals surface area contributed by atoms with Gasteiger partial charge in [-0.25, -0.2) is 13.1 Å². The molecule has 1 amide bonds. The van der Waals surface area contributed by atoms with Crippen LogP contribution >= 0.6 is 0 Å². The van der Waals surface area contributed by atoms with E-state index < -0.39 is 38.2 Å². The summed E-state index contributed by atoms with van der Waals surface area (Å²) in [5, 5.41) is 0. The second kappa shape index (κ2) is 9.13. The van der Waals surface area contributed by atoms with Crippen molar-refractivity contribution in [2.45, 2.75) is 75.3 Å². The highest BCUT2D eigenvalue weighted by atomic mass is 32.2. The Kier molecular flexibility index (Phi) is 6.65. The number of nitrogens with one attached hydrogen (secondary N) is 1. The molecule has 2 aliphatic heterocycles. The Labute approximate surface area is 202 Å². The maximum atomic E-state index is 13.0. The van der Waals surface area contributed by atoms with Gasteiger partial charge in [-0.15, -0.1) is 0 Å². The fourth-order valence-electron chi connectivity index (χ4n) is 4.87. The van der Waals surface area contributed by atoms with Crippen LogP contribution in [0.2, 0.25) is 0 Å². The molecule has 0 saturated carbocycles. The predicted octanol–water partition coefficient (Wildman–Crippen LogP) is 5.63. The summed E-state index contributed by atoms with van der Waals surface area (Å²) >= 11 is 0. The van der Waals surface area contributed by atoms with Gasteiger partial charge in [0, 0.05) is 17.0 Å². The largest absolute Gasteiger partial charge is 0.487 e. The second-order valence-electron chi connectivity index (χ2n) is 9.57. The van der Waals surface area contributed by atoms with Gasteiger partial charge >= 0.3 is 6.18 Å². The fraction of sp³-hybridized carbons (Fsp3) is 0.480. The van der Waals surface area contributed by atoms with E-state index in [4.69, 9.17) is 9.47 Å².